The van der Waals surface area contributed by atoms with Crippen LogP contribution in [-0.4, -0.2) is 49.6 Å². The highest BCUT2D eigenvalue weighted by molar-refractivity contribution is 5.80. The number of anilines is 1. The Labute approximate surface area is 139 Å². The van der Waals surface area contributed by atoms with Crippen LogP contribution < -0.4 is 10.2 Å². The van der Waals surface area contributed by atoms with Gasteiger partial charge in [-0.25, -0.2) is 9.98 Å². The summed E-state index contributed by atoms with van der Waals surface area (Å²) in [7, 11) is 4.03. The molecule has 1 aromatic heterocycles. The number of guanidine groups is 1. The molecule has 23 heavy (non-hydrogen) atoms. The lowest BCUT2D eigenvalue weighted by Gasteiger charge is -2.38. The first-order valence-electron chi connectivity index (χ1n) is 8.77. The highest BCUT2D eigenvalue weighted by atomic mass is 15.3. The average Bonchev–Trinajstić information content (AvgIpc) is 2.97. The Morgan fingerprint density at radius 2 is 2.22 bits per heavy atom. The number of nitrogens with zero attached hydrogens (tertiary/aromatic N) is 4. The zero-order chi connectivity index (χ0) is 16.3. The third-order valence-electron chi connectivity index (χ3n) is 5.17. The third kappa shape index (κ3) is 3.59. The van der Waals surface area contributed by atoms with Gasteiger partial charge in [-0.15, -0.1) is 0 Å². The molecule has 2 aliphatic rings. The van der Waals surface area contributed by atoms with E-state index in [9.17, 15) is 0 Å². The maximum absolute atomic E-state index is 4.88. The minimum absolute atomic E-state index is 0.602. The standard InChI is InChI=1S/C18H29N5/c1-4-19-17(23-11-9-18(14-23)7-5-8-18)21-13-15-6-10-20-16(12-15)22(2)3/h6,10,12H,4-5,7-9,11,13-14H2,1-3H3,(H,19,21). The lowest BCUT2D eigenvalue weighted by Crippen LogP contribution is -2.42. The Kier molecular flexibility index (Phi) is 4.74. The molecule has 126 valence electrons. The molecule has 1 N–H and O–H groups in total. The molecule has 2 heterocycles. The smallest absolute Gasteiger partial charge is 0.194 e. The van der Waals surface area contributed by atoms with Crippen LogP contribution in [0, 0.1) is 5.41 Å². The second kappa shape index (κ2) is 6.77. The molecule has 5 heteroatoms. The first-order valence-corrected chi connectivity index (χ1v) is 8.77. The molecule has 1 aromatic rings. The van der Waals surface area contributed by atoms with Crippen LogP contribution in [-0.2, 0) is 6.54 Å². The van der Waals surface area contributed by atoms with E-state index in [2.05, 4.69) is 34.3 Å². The van der Waals surface area contributed by atoms with Gasteiger partial charge in [-0.2, -0.15) is 0 Å². The van der Waals surface area contributed by atoms with E-state index in [0.29, 0.717) is 12.0 Å². The molecule has 5 nitrogen and oxygen atoms in total. The predicted molar refractivity (Wildman–Crippen MR) is 95.9 cm³/mol. The van der Waals surface area contributed by atoms with E-state index in [1.54, 1.807) is 0 Å². The fraction of sp³-hybridized carbons (Fsp3) is 0.667. The van der Waals surface area contributed by atoms with Gasteiger partial charge in [0.1, 0.15) is 5.82 Å². The van der Waals surface area contributed by atoms with Crippen molar-refractivity contribution < 1.29 is 0 Å². The van der Waals surface area contributed by atoms with Gasteiger partial charge in [0.25, 0.3) is 0 Å². The number of hydrogen-bond acceptors (Lipinski definition) is 3. The van der Waals surface area contributed by atoms with Crippen molar-refractivity contribution in [2.24, 2.45) is 10.4 Å². The van der Waals surface area contributed by atoms with E-state index < -0.39 is 0 Å². The summed E-state index contributed by atoms with van der Waals surface area (Å²) in [4.78, 5) is 13.7. The summed E-state index contributed by atoms with van der Waals surface area (Å²) in [6.07, 6.45) is 7.41. The number of hydrogen-bond donors (Lipinski definition) is 1. The maximum atomic E-state index is 4.88. The average molecular weight is 315 g/mol. The van der Waals surface area contributed by atoms with Crippen molar-refractivity contribution in [3.05, 3.63) is 23.9 Å². The highest BCUT2D eigenvalue weighted by Crippen LogP contribution is 2.47. The second-order valence-electron chi connectivity index (χ2n) is 7.11. The summed E-state index contributed by atoms with van der Waals surface area (Å²) < 4.78 is 0. The quantitative estimate of drug-likeness (QED) is 0.685. The van der Waals surface area contributed by atoms with Gasteiger partial charge in [0.05, 0.1) is 6.54 Å². The Morgan fingerprint density at radius 1 is 1.39 bits per heavy atom. The van der Waals surface area contributed by atoms with Crippen LogP contribution in [0.2, 0.25) is 0 Å². The summed E-state index contributed by atoms with van der Waals surface area (Å²) >= 11 is 0. The van der Waals surface area contributed by atoms with Crippen LogP contribution in [0.25, 0.3) is 0 Å². The summed E-state index contributed by atoms with van der Waals surface area (Å²) in [6.45, 7) is 6.08. The van der Waals surface area contributed by atoms with Gasteiger partial charge in [0, 0.05) is 39.9 Å². The minimum Gasteiger partial charge on any atom is -0.363 e. The molecule has 0 atom stereocenters. The molecule has 2 fully saturated rings. The molecule has 1 aliphatic heterocycles. The topological polar surface area (TPSA) is 43.8 Å². The number of rotatable bonds is 4. The molecule has 1 saturated heterocycles. The molecule has 0 amide bonds. The Bertz CT molecular complexity index is 562. The first-order chi connectivity index (χ1) is 11.1. The van der Waals surface area contributed by atoms with Crippen molar-refractivity contribution in [1.82, 2.24) is 15.2 Å². The van der Waals surface area contributed by atoms with Gasteiger partial charge in [-0.1, -0.05) is 6.42 Å². The number of likely N-dealkylation sites (tertiary alicyclic amines) is 1. The summed E-state index contributed by atoms with van der Waals surface area (Å²) in [5, 5.41) is 3.47. The molecule has 1 aliphatic carbocycles. The fourth-order valence-electron chi connectivity index (χ4n) is 3.60. The normalized spacial score (nSPS) is 19.8. The van der Waals surface area contributed by atoms with Crippen LogP contribution in [0.5, 0.6) is 0 Å². The molecule has 1 spiro atoms. The monoisotopic (exact) mass is 315 g/mol. The van der Waals surface area contributed by atoms with Crippen LogP contribution in [0.3, 0.4) is 0 Å². The first kappa shape index (κ1) is 16.1. The lowest BCUT2D eigenvalue weighted by atomic mass is 9.68. The van der Waals surface area contributed by atoms with Crippen LogP contribution in [0.15, 0.2) is 23.3 Å². The van der Waals surface area contributed by atoms with Gasteiger partial charge in [0.15, 0.2) is 5.96 Å². The zero-order valence-corrected chi connectivity index (χ0v) is 14.7. The Hall–Kier alpha value is -1.78. The number of aromatic nitrogens is 1. The van der Waals surface area contributed by atoms with E-state index in [-0.39, 0.29) is 0 Å². The number of aliphatic imine (C=N–C) groups is 1. The predicted octanol–water partition coefficient (Wildman–Crippen LogP) is 2.49. The van der Waals surface area contributed by atoms with Crippen molar-refractivity contribution in [1.29, 1.82) is 0 Å². The van der Waals surface area contributed by atoms with Gasteiger partial charge in [-0.3, -0.25) is 0 Å². The van der Waals surface area contributed by atoms with Crippen molar-refractivity contribution >= 4 is 11.8 Å². The summed E-state index contributed by atoms with van der Waals surface area (Å²) in [5.41, 5.74) is 1.81. The number of pyridine rings is 1. The van der Waals surface area contributed by atoms with Gasteiger partial charge in [0.2, 0.25) is 0 Å². The lowest BCUT2D eigenvalue weighted by molar-refractivity contribution is 0.151. The van der Waals surface area contributed by atoms with Gasteiger partial charge >= 0.3 is 0 Å². The second-order valence-corrected chi connectivity index (χ2v) is 7.11. The SMILES string of the molecule is CCNC(=NCc1ccnc(N(C)C)c1)N1CCC2(CCC2)C1. The van der Waals surface area contributed by atoms with E-state index in [1.807, 2.05) is 25.2 Å². The molecule has 1 saturated carbocycles. The molecule has 0 bridgehead atoms. The molecular formula is C18H29N5. The summed E-state index contributed by atoms with van der Waals surface area (Å²) in [5.74, 6) is 2.05. The molecule has 0 aromatic carbocycles. The van der Waals surface area contributed by atoms with E-state index in [1.165, 1.54) is 37.8 Å². The molecule has 0 unspecified atom stereocenters. The molecule has 0 radical (unpaired) electrons. The molecule has 3 rings (SSSR count). The largest absolute Gasteiger partial charge is 0.363 e. The van der Waals surface area contributed by atoms with Crippen LogP contribution >= 0.6 is 0 Å². The Morgan fingerprint density at radius 3 is 2.83 bits per heavy atom. The van der Waals surface area contributed by atoms with E-state index in [4.69, 9.17) is 4.99 Å². The molecular weight excluding hydrogens is 286 g/mol. The summed E-state index contributed by atoms with van der Waals surface area (Å²) in [6, 6.07) is 4.17. The van der Waals surface area contributed by atoms with E-state index >= 15 is 0 Å². The minimum atomic E-state index is 0.602. The fourth-order valence-corrected chi connectivity index (χ4v) is 3.60. The van der Waals surface area contributed by atoms with Crippen LogP contribution in [0.1, 0.15) is 38.2 Å². The number of nitrogens with one attached hydrogen (secondary N) is 1. The van der Waals surface area contributed by atoms with Crippen LogP contribution in [0.4, 0.5) is 5.82 Å². The zero-order valence-electron chi connectivity index (χ0n) is 14.7. The van der Waals surface area contributed by atoms with E-state index in [0.717, 1.165) is 24.9 Å². The van der Waals surface area contributed by atoms with Gasteiger partial charge < -0.3 is 15.1 Å². The third-order valence-corrected chi connectivity index (χ3v) is 5.17. The van der Waals surface area contributed by atoms with Crippen molar-refractivity contribution in [2.45, 2.75) is 39.2 Å². The van der Waals surface area contributed by atoms with Gasteiger partial charge in [-0.05, 0) is 49.3 Å². The van der Waals surface area contributed by atoms with Crippen molar-refractivity contribution in [2.75, 3.05) is 38.6 Å². The Balaban J connectivity index is 1.68. The highest BCUT2D eigenvalue weighted by Gasteiger charge is 2.43. The van der Waals surface area contributed by atoms with Crippen molar-refractivity contribution in [3.63, 3.8) is 0 Å². The maximum Gasteiger partial charge on any atom is 0.194 e. The van der Waals surface area contributed by atoms with Crippen molar-refractivity contribution in [3.8, 4) is 0 Å².